The fraction of sp³-hybridized carbons (Fsp3) is 0.0345. The highest BCUT2D eigenvalue weighted by atomic mass is 32.2. The summed E-state index contributed by atoms with van der Waals surface area (Å²) in [6, 6.07) is 17.8. The van der Waals surface area contributed by atoms with E-state index in [0.717, 1.165) is 18.2 Å². The number of nitrogens with two attached hydrogens (primary N) is 1. The number of rotatable bonds is 10. The lowest BCUT2D eigenvalue weighted by atomic mass is 10.1. The molecule has 0 heterocycles. The van der Waals surface area contributed by atoms with E-state index in [1.807, 2.05) is 0 Å². The quantitative estimate of drug-likeness (QED) is 0.0338. The van der Waals surface area contributed by atoms with Gasteiger partial charge in [-0.15, -0.1) is 10.2 Å². The molecule has 0 bridgehead atoms. The molecule has 0 unspecified atom stereocenters. The smallest absolute Gasteiger partial charge is 0.296 e. The van der Waals surface area contributed by atoms with Gasteiger partial charge in [-0.05, 0) is 66.4 Å². The molecule has 258 valence electrons. The predicted octanol–water partition coefficient (Wildman–Crippen LogP) is 6.47. The van der Waals surface area contributed by atoms with Crippen LogP contribution in [0.1, 0.15) is 5.56 Å². The SMILES string of the molecule is Cc1ccc(N=Nc2c(S(=O)(=O)O)cc3cc(S(=O)(=O)O)c(N=Nc4ccc([N+](=O)[O-])cc4)c(N)c3c2O)cc1S(=O)(=O)Nc1ccccc1. The second-order valence-corrected chi connectivity index (χ2v) is 14.8. The second-order valence-electron chi connectivity index (χ2n) is 10.4. The zero-order chi connectivity index (χ0) is 36.6. The van der Waals surface area contributed by atoms with E-state index in [2.05, 4.69) is 25.2 Å². The number of nitro benzene ring substituents is 1. The molecule has 0 saturated heterocycles. The van der Waals surface area contributed by atoms with E-state index in [1.165, 1.54) is 43.3 Å². The van der Waals surface area contributed by atoms with Crippen LogP contribution < -0.4 is 10.5 Å². The molecule has 0 amide bonds. The molecule has 0 spiro atoms. The fourth-order valence-electron chi connectivity index (χ4n) is 4.62. The highest BCUT2D eigenvalue weighted by Gasteiger charge is 2.28. The zero-order valence-electron chi connectivity index (χ0n) is 25.2. The van der Waals surface area contributed by atoms with Gasteiger partial charge in [0.15, 0.2) is 5.75 Å². The molecule has 5 aromatic rings. The van der Waals surface area contributed by atoms with Crippen LogP contribution >= 0.6 is 0 Å². The molecule has 0 saturated carbocycles. The summed E-state index contributed by atoms with van der Waals surface area (Å²) in [7, 11) is -14.5. The minimum atomic E-state index is -5.21. The summed E-state index contributed by atoms with van der Waals surface area (Å²) in [6.45, 7) is 1.52. The maximum atomic E-state index is 13.1. The number of hydrogen-bond acceptors (Lipinski definition) is 14. The lowest BCUT2D eigenvalue weighted by molar-refractivity contribution is -0.384. The second kappa shape index (κ2) is 13.2. The third-order valence-corrected chi connectivity index (χ3v) is 10.2. The van der Waals surface area contributed by atoms with Crippen LogP contribution in [0.25, 0.3) is 10.8 Å². The van der Waals surface area contributed by atoms with E-state index in [9.17, 15) is 49.6 Å². The van der Waals surface area contributed by atoms with Crippen molar-refractivity contribution in [2.75, 3.05) is 10.5 Å². The number of aromatic hydroxyl groups is 1. The number of hydrogen-bond donors (Lipinski definition) is 5. The highest BCUT2D eigenvalue weighted by molar-refractivity contribution is 7.92. The molecule has 0 aliphatic carbocycles. The first-order valence-electron chi connectivity index (χ1n) is 13.7. The van der Waals surface area contributed by atoms with Gasteiger partial charge in [0.2, 0.25) is 0 Å². The summed E-state index contributed by atoms with van der Waals surface area (Å²) >= 11 is 0. The van der Waals surface area contributed by atoms with Gasteiger partial charge in [0, 0.05) is 17.8 Å². The van der Waals surface area contributed by atoms with Crippen LogP contribution in [-0.2, 0) is 30.3 Å². The van der Waals surface area contributed by atoms with Crippen LogP contribution in [0.4, 0.5) is 39.8 Å². The minimum absolute atomic E-state index is 0.00438. The van der Waals surface area contributed by atoms with Gasteiger partial charge in [-0.25, -0.2) is 8.42 Å². The Bertz CT molecular complexity index is 2580. The van der Waals surface area contributed by atoms with Crippen molar-refractivity contribution in [3.8, 4) is 5.75 Å². The first kappa shape index (κ1) is 35.4. The largest absolute Gasteiger partial charge is 0.505 e. The van der Waals surface area contributed by atoms with Gasteiger partial charge in [0.25, 0.3) is 35.9 Å². The third-order valence-electron chi connectivity index (χ3n) is 6.95. The first-order valence-corrected chi connectivity index (χ1v) is 18.1. The van der Waals surface area contributed by atoms with Gasteiger partial charge in [-0.2, -0.15) is 27.1 Å². The van der Waals surface area contributed by atoms with Crippen molar-refractivity contribution in [3.63, 3.8) is 0 Å². The normalized spacial score (nSPS) is 12.5. The molecule has 0 aromatic heterocycles. The number of phenols is 1. The lowest BCUT2D eigenvalue weighted by Crippen LogP contribution is -2.14. The van der Waals surface area contributed by atoms with E-state index in [0.29, 0.717) is 17.7 Å². The number of phenolic OH excluding ortho intramolecular Hbond substituents is 1. The Morgan fingerprint density at radius 3 is 1.84 bits per heavy atom. The van der Waals surface area contributed by atoms with Gasteiger partial charge < -0.3 is 10.8 Å². The molecule has 18 nitrogen and oxygen atoms in total. The van der Waals surface area contributed by atoms with Crippen LogP contribution in [0.15, 0.2) is 120 Å². The van der Waals surface area contributed by atoms with Gasteiger partial charge in [-0.1, -0.05) is 24.3 Å². The molecule has 5 aromatic carbocycles. The molecule has 21 heteroatoms. The van der Waals surface area contributed by atoms with E-state index < -0.39 is 78.6 Å². The summed E-state index contributed by atoms with van der Waals surface area (Å²) in [6.07, 6.45) is 0. The van der Waals surface area contributed by atoms with Gasteiger partial charge in [0.1, 0.15) is 21.2 Å². The molecule has 0 aliphatic rings. The van der Waals surface area contributed by atoms with Crippen LogP contribution in [0.5, 0.6) is 5.75 Å². The van der Waals surface area contributed by atoms with Crippen molar-refractivity contribution in [1.82, 2.24) is 0 Å². The van der Waals surface area contributed by atoms with E-state index in [4.69, 9.17) is 5.73 Å². The van der Waals surface area contributed by atoms with Crippen LogP contribution in [0.2, 0.25) is 0 Å². The Kier molecular flexibility index (Phi) is 9.36. The number of anilines is 2. The maximum Gasteiger partial charge on any atom is 0.296 e. The van der Waals surface area contributed by atoms with E-state index >= 15 is 0 Å². The molecular formula is C29H23N7O11S3. The summed E-state index contributed by atoms with van der Waals surface area (Å²) in [4.78, 5) is 8.04. The minimum Gasteiger partial charge on any atom is -0.505 e. The number of para-hydroxylation sites is 1. The van der Waals surface area contributed by atoms with Crippen LogP contribution in [-0.4, -0.2) is 44.4 Å². The third kappa shape index (κ3) is 7.40. The topological polar surface area (TPSA) is 294 Å². The number of nitrogen functional groups attached to an aromatic ring is 1. The monoisotopic (exact) mass is 741 g/mol. The van der Waals surface area contributed by atoms with Crippen molar-refractivity contribution in [1.29, 1.82) is 0 Å². The number of nitrogens with one attached hydrogen (secondary N) is 1. The number of non-ortho nitro benzene ring substituents is 1. The number of sulfonamides is 1. The van der Waals surface area contributed by atoms with Gasteiger partial charge in [0.05, 0.1) is 32.3 Å². The predicted molar refractivity (Wildman–Crippen MR) is 180 cm³/mol. The average Bonchev–Trinajstić information content (AvgIpc) is 3.03. The molecular weight excluding hydrogens is 719 g/mol. The molecule has 6 N–H and O–H groups in total. The molecule has 0 fully saturated rings. The number of nitrogens with zero attached hydrogens (tertiary/aromatic N) is 5. The summed E-state index contributed by atoms with van der Waals surface area (Å²) in [5.74, 6) is -1.03. The Labute approximate surface area is 283 Å². The van der Waals surface area contributed by atoms with Crippen molar-refractivity contribution in [2.45, 2.75) is 21.6 Å². The molecule has 50 heavy (non-hydrogen) atoms. The number of benzene rings is 5. The van der Waals surface area contributed by atoms with Gasteiger partial charge in [-0.3, -0.25) is 23.9 Å². The number of azo groups is 2. The summed E-state index contributed by atoms with van der Waals surface area (Å²) < 4.78 is 98.0. The molecule has 0 aliphatic heterocycles. The van der Waals surface area contributed by atoms with E-state index in [-0.39, 0.29) is 27.6 Å². The Morgan fingerprint density at radius 2 is 1.26 bits per heavy atom. The van der Waals surface area contributed by atoms with Crippen molar-refractivity contribution in [3.05, 3.63) is 101 Å². The van der Waals surface area contributed by atoms with Crippen molar-refractivity contribution >= 4 is 80.8 Å². The average molecular weight is 742 g/mol. The van der Waals surface area contributed by atoms with Crippen molar-refractivity contribution in [2.24, 2.45) is 20.5 Å². The van der Waals surface area contributed by atoms with Crippen LogP contribution in [0.3, 0.4) is 0 Å². The number of nitro groups is 1. The zero-order valence-corrected chi connectivity index (χ0v) is 27.7. The van der Waals surface area contributed by atoms with Gasteiger partial charge >= 0.3 is 0 Å². The fourth-order valence-corrected chi connectivity index (χ4v) is 7.27. The Hall–Kier alpha value is -5.87. The maximum absolute atomic E-state index is 13.1. The Morgan fingerprint density at radius 1 is 0.720 bits per heavy atom. The number of aryl methyl sites for hydroxylation is 1. The Balaban J connectivity index is 1.66. The first-order chi connectivity index (χ1) is 23.4. The summed E-state index contributed by atoms with van der Waals surface area (Å²) in [5, 5.41) is 36.6. The summed E-state index contributed by atoms with van der Waals surface area (Å²) in [5.41, 5.74) is 4.14. The molecule has 5 rings (SSSR count). The van der Waals surface area contributed by atoms with E-state index in [1.54, 1.807) is 18.2 Å². The highest BCUT2D eigenvalue weighted by Crippen LogP contribution is 2.48. The standard InChI is InChI=1S/C29H23N7O11S3/c1-16-7-8-20(15-22(16)48(40,41)35-19-5-3-2-4-6-19)32-34-28-24(50(45,46)47)14-17-13-23(49(42,43)44)27(26(30)25(17)29(28)37)33-31-18-9-11-21(12-10-18)36(38)39/h2-15,35,37H,30H2,1H3,(H,42,43,44)(H,45,46,47). The molecule has 0 radical (unpaired) electrons. The molecule has 0 atom stereocenters. The number of fused-ring (bicyclic) bond motifs is 1. The lowest BCUT2D eigenvalue weighted by Gasteiger charge is -2.14. The van der Waals surface area contributed by atoms with Crippen molar-refractivity contribution < 1.29 is 44.4 Å². The van der Waals surface area contributed by atoms with Crippen LogP contribution in [0, 0.1) is 17.0 Å².